The number of halogens is 1. The highest BCUT2D eigenvalue weighted by Gasteiger charge is 2.23. The Labute approximate surface area is 83.3 Å². The quantitative estimate of drug-likeness (QED) is 0.705. The second-order valence-electron chi connectivity index (χ2n) is 2.88. The summed E-state index contributed by atoms with van der Waals surface area (Å²) in [6.07, 6.45) is 2.63. The molecule has 0 aromatic rings. The van der Waals surface area contributed by atoms with Gasteiger partial charge in [0.25, 0.3) is 0 Å². The Morgan fingerprint density at radius 2 is 1.92 bits per heavy atom. The van der Waals surface area contributed by atoms with Gasteiger partial charge in [0.1, 0.15) is 4.16 Å². The predicted octanol–water partition coefficient (Wildman–Crippen LogP) is 1.79. The van der Waals surface area contributed by atoms with E-state index in [1.807, 2.05) is 6.92 Å². The summed E-state index contributed by atoms with van der Waals surface area (Å²) in [5.41, 5.74) is 0. The summed E-state index contributed by atoms with van der Waals surface area (Å²) in [6.45, 7) is 2.04. The van der Waals surface area contributed by atoms with Crippen molar-refractivity contribution in [2.24, 2.45) is 0 Å². The van der Waals surface area contributed by atoms with Gasteiger partial charge in [-0.15, -0.1) is 0 Å². The van der Waals surface area contributed by atoms with Crippen LogP contribution in [0.5, 0.6) is 0 Å². The summed E-state index contributed by atoms with van der Waals surface area (Å²) >= 11 is 3.17. The van der Waals surface area contributed by atoms with Crippen molar-refractivity contribution in [1.82, 2.24) is 4.31 Å². The minimum absolute atomic E-state index is 0.431. The van der Waals surface area contributed by atoms with Crippen LogP contribution in [0.4, 0.5) is 0 Å². The van der Waals surface area contributed by atoms with Gasteiger partial charge in [0.2, 0.25) is 10.0 Å². The van der Waals surface area contributed by atoms with Crippen molar-refractivity contribution in [1.29, 1.82) is 0 Å². The molecule has 0 unspecified atom stereocenters. The SMILES string of the molecule is CCCC[C@H](Br)S(=O)(=O)N(C)C. The van der Waals surface area contributed by atoms with Crippen LogP contribution in [0.1, 0.15) is 26.2 Å². The lowest BCUT2D eigenvalue weighted by molar-refractivity contribution is 0.514. The molecule has 0 fully saturated rings. The van der Waals surface area contributed by atoms with Crippen molar-refractivity contribution in [2.45, 2.75) is 30.3 Å². The smallest absolute Gasteiger partial charge is 0.211 e. The molecule has 0 aliphatic heterocycles. The molecule has 0 aliphatic rings. The van der Waals surface area contributed by atoms with Gasteiger partial charge in [-0.1, -0.05) is 35.7 Å². The van der Waals surface area contributed by atoms with Crippen molar-refractivity contribution in [3.63, 3.8) is 0 Å². The topological polar surface area (TPSA) is 37.4 Å². The molecule has 0 rings (SSSR count). The molecule has 0 aliphatic carbocycles. The third-order valence-electron chi connectivity index (χ3n) is 1.62. The van der Waals surface area contributed by atoms with Crippen LogP contribution in [-0.4, -0.2) is 31.0 Å². The third kappa shape index (κ3) is 3.41. The summed E-state index contributed by atoms with van der Waals surface area (Å²) in [5, 5.41) is 0. The maximum Gasteiger partial charge on any atom is 0.226 e. The summed E-state index contributed by atoms with van der Waals surface area (Å²) < 4.78 is 23.7. The van der Waals surface area contributed by atoms with Gasteiger partial charge in [-0.3, -0.25) is 0 Å². The van der Waals surface area contributed by atoms with Crippen molar-refractivity contribution >= 4 is 26.0 Å². The van der Waals surface area contributed by atoms with Gasteiger partial charge in [-0.2, -0.15) is 0 Å². The average Bonchev–Trinajstić information content (AvgIpc) is 1.99. The van der Waals surface area contributed by atoms with Crippen LogP contribution in [0, 0.1) is 0 Å². The van der Waals surface area contributed by atoms with Gasteiger partial charge in [0.05, 0.1) is 0 Å². The Hall–Kier alpha value is 0.390. The van der Waals surface area contributed by atoms with Crippen LogP contribution in [0.15, 0.2) is 0 Å². The average molecular weight is 258 g/mol. The van der Waals surface area contributed by atoms with Crippen molar-refractivity contribution < 1.29 is 8.42 Å². The molecule has 0 spiro atoms. The van der Waals surface area contributed by atoms with Crippen LogP contribution in [-0.2, 0) is 10.0 Å². The predicted molar refractivity (Wildman–Crippen MR) is 54.8 cm³/mol. The molecule has 0 amide bonds. The monoisotopic (exact) mass is 257 g/mol. The van der Waals surface area contributed by atoms with Crippen molar-refractivity contribution in [3.05, 3.63) is 0 Å². The molecule has 0 saturated heterocycles. The van der Waals surface area contributed by atoms with Crippen LogP contribution in [0.25, 0.3) is 0 Å². The maximum atomic E-state index is 11.4. The highest BCUT2D eigenvalue weighted by Crippen LogP contribution is 2.18. The molecule has 0 aromatic carbocycles. The van der Waals surface area contributed by atoms with E-state index in [4.69, 9.17) is 0 Å². The summed E-state index contributed by atoms with van der Waals surface area (Å²) in [5.74, 6) is 0. The fourth-order valence-corrected chi connectivity index (χ4v) is 2.99. The fourth-order valence-electron chi connectivity index (χ4n) is 0.742. The fraction of sp³-hybridized carbons (Fsp3) is 1.00. The summed E-state index contributed by atoms with van der Waals surface area (Å²) in [4.78, 5) is 0. The lowest BCUT2D eigenvalue weighted by atomic mass is 10.3. The van der Waals surface area contributed by atoms with E-state index in [9.17, 15) is 8.42 Å². The van der Waals surface area contributed by atoms with E-state index in [1.54, 1.807) is 14.1 Å². The van der Waals surface area contributed by atoms with Gasteiger partial charge in [-0.25, -0.2) is 12.7 Å². The van der Waals surface area contributed by atoms with Gasteiger partial charge < -0.3 is 0 Å². The zero-order chi connectivity index (χ0) is 9.78. The first kappa shape index (κ1) is 12.4. The molecule has 0 radical (unpaired) electrons. The van der Waals surface area contributed by atoms with Gasteiger partial charge >= 0.3 is 0 Å². The molecule has 74 valence electrons. The zero-order valence-corrected chi connectivity index (χ0v) is 10.2. The van der Waals surface area contributed by atoms with Gasteiger partial charge in [0.15, 0.2) is 0 Å². The Kier molecular flexibility index (Phi) is 5.36. The van der Waals surface area contributed by atoms with E-state index in [0.717, 1.165) is 12.8 Å². The Morgan fingerprint density at radius 1 is 1.42 bits per heavy atom. The van der Waals surface area contributed by atoms with Gasteiger partial charge in [0, 0.05) is 14.1 Å². The van der Waals surface area contributed by atoms with E-state index >= 15 is 0 Å². The van der Waals surface area contributed by atoms with E-state index < -0.39 is 14.2 Å². The highest BCUT2D eigenvalue weighted by molar-refractivity contribution is 9.11. The number of hydrogen-bond acceptors (Lipinski definition) is 2. The number of hydrogen-bond donors (Lipinski definition) is 0. The second kappa shape index (κ2) is 5.19. The first-order valence-corrected chi connectivity index (χ1v) is 6.40. The van der Waals surface area contributed by atoms with Crippen molar-refractivity contribution in [2.75, 3.05) is 14.1 Å². The number of sulfonamides is 1. The maximum absolute atomic E-state index is 11.4. The summed E-state index contributed by atoms with van der Waals surface area (Å²) in [7, 11) is 0.00312. The first-order valence-electron chi connectivity index (χ1n) is 3.98. The Balaban J connectivity index is 4.17. The molecular formula is C7H16BrNO2S. The van der Waals surface area contributed by atoms with Crippen LogP contribution >= 0.6 is 15.9 Å². The molecule has 0 heterocycles. The molecule has 0 aromatic heterocycles. The molecule has 0 bridgehead atoms. The number of unbranched alkanes of at least 4 members (excludes halogenated alkanes) is 1. The minimum atomic E-state index is -3.10. The third-order valence-corrected chi connectivity index (χ3v) is 5.39. The standard InChI is InChI=1S/C7H16BrNO2S/c1-4-5-6-7(8)12(10,11)9(2)3/h7H,4-6H2,1-3H3/t7-/m1/s1. The first-order chi connectivity index (χ1) is 5.42. The normalized spacial score (nSPS) is 15.1. The molecule has 12 heavy (non-hydrogen) atoms. The second-order valence-corrected chi connectivity index (χ2v) is 6.92. The minimum Gasteiger partial charge on any atom is -0.211 e. The number of nitrogens with zero attached hydrogens (tertiary/aromatic N) is 1. The lowest BCUT2D eigenvalue weighted by Crippen LogP contribution is -2.29. The Morgan fingerprint density at radius 3 is 2.25 bits per heavy atom. The Bertz CT molecular complexity index is 213. The van der Waals surface area contributed by atoms with Crippen LogP contribution < -0.4 is 0 Å². The molecule has 5 heteroatoms. The molecule has 1 atom stereocenters. The lowest BCUT2D eigenvalue weighted by Gasteiger charge is -2.16. The van der Waals surface area contributed by atoms with Gasteiger partial charge in [-0.05, 0) is 6.42 Å². The van der Waals surface area contributed by atoms with E-state index in [0.29, 0.717) is 6.42 Å². The largest absolute Gasteiger partial charge is 0.226 e. The van der Waals surface area contributed by atoms with Crippen LogP contribution in [0.2, 0.25) is 0 Å². The molecular weight excluding hydrogens is 242 g/mol. The summed E-state index contributed by atoms with van der Waals surface area (Å²) in [6, 6.07) is 0. The number of alkyl halides is 1. The number of rotatable bonds is 5. The molecule has 0 saturated carbocycles. The molecule has 3 nitrogen and oxygen atoms in total. The zero-order valence-electron chi connectivity index (χ0n) is 7.75. The van der Waals surface area contributed by atoms with E-state index in [-0.39, 0.29) is 0 Å². The van der Waals surface area contributed by atoms with E-state index in [2.05, 4.69) is 15.9 Å². The molecule has 0 N–H and O–H groups in total. The van der Waals surface area contributed by atoms with E-state index in [1.165, 1.54) is 4.31 Å². The van der Waals surface area contributed by atoms with Crippen LogP contribution in [0.3, 0.4) is 0 Å². The van der Waals surface area contributed by atoms with Crippen molar-refractivity contribution in [3.8, 4) is 0 Å². The highest BCUT2D eigenvalue weighted by atomic mass is 79.9.